The van der Waals surface area contributed by atoms with Crippen molar-refractivity contribution in [2.75, 3.05) is 31.2 Å². The third-order valence-electron chi connectivity index (χ3n) is 2.05. The Labute approximate surface area is 71.5 Å². The highest BCUT2D eigenvalue weighted by atomic mass is 16.5. The van der Waals surface area contributed by atoms with Gasteiger partial charge in [-0.15, -0.1) is 0 Å². The molecule has 12 heavy (non-hydrogen) atoms. The van der Waals surface area contributed by atoms with Crippen molar-refractivity contribution in [3.63, 3.8) is 0 Å². The zero-order valence-corrected chi connectivity index (χ0v) is 6.99. The van der Waals surface area contributed by atoms with Gasteiger partial charge >= 0.3 is 0 Å². The summed E-state index contributed by atoms with van der Waals surface area (Å²) < 4.78 is 5.35. The molecule has 1 N–H and O–H groups in total. The van der Waals surface area contributed by atoms with Gasteiger partial charge in [0.2, 0.25) is 0 Å². The Morgan fingerprint density at radius 1 is 1.42 bits per heavy atom. The standard InChI is InChI=1S/C8H13N3O/c1-4-11(5-7-12-6-1)8-2-3-9-10-8/h2-3H,1,4-7H2,(H,9,10). The van der Waals surface area contributed by atoms with E-state index in [1.165, 1.54) is 0 Å². The number of ether oxygens (including phenoxy) is 1. The first-order chi connectivity index (χ1) is 5.97. The van der Waals surface area contributed by atoms with Gasteiger partial charge in [0.15, 0.2) is 0 Å². The first-order valence-corrected chi connectivity index (χ1v) is 4.29. The molecule has 4 heteroatoms. The van der Waals surface area contributed by atoms with Crippen molar-refractivity contribution < 1.29 is 4.74 Å². The quantitative estimate of drug-likeness (QED) is 0.667. The average Bonchev–Trinajstić information content (AvgIpc) is 2.48. The first-order valence-electron chi connectivity index (χ1n) is 4.29. The summed E-state index contributed by atoms with van der Waals surface area (Å²) in [6.45, 7) is 3.72. The number of hydrogen-bond donors (Lipinski definition) is 1. The molecule has 0 unspecified atom stereocenters. The van der Waals surface area contributed by atoms with E-state index in [4.69, 9.17) is 4.74 Å². The normalized spacial score (nSPS) is 19.2. The van der Waals surface area contributed by atoms with Gasteiger partial charge in [0.1, 0.15) is 5.82 Å². The van der Waals surface area contributed by atoms with Gasteiger partial charge < -0.3 is 9.64 Å². The lowest BCUT2D eigenvalue weighted by Crippen LogP contribution is -2.26. The van der Waals surface area contributed by atoms with Crippen LogP contribution in [-0.2, 0) is 4.74 Å². The number of anilines is 1. The van der Waals surface area contributed by atoms with Crippen molar-refractivity contribution in [1.82, 2.24) is 10.2 Å². The maximum atomic E-state index is 5.35. The second-order valence-electron chi connectivity index (χ2n) is 2.89. The van der Waals surface area contributed by atoms with Crippen LogP contribution in [0.2, 0.25) is 0 Å². The van der Waals surface area contributed by atoms with Gasteiger partial charge in [0.25, 0.3) is 0 Å². The summed E-state index contributed by atoms with van der Waals surface area (Å²) in [5, 5.41) is 6.88. The van der Waals surface area contributed by atoms with E-state index in [2.05, 4.69) is 15.1 Å². The van der Waals surface area contributed by atoms with E-state index in [0.29, 0.717) is 0 Å². The molecule has 1 aliphatic heterocycles. The number of nitrogens with one attached hydrogen (secondary N) is 1. The van der Waals surface area contributed by atoms with Crippen molar-refractivity contribution in [3.8, 4) is 0 Å². The second kappa shape index (κ2) is 3.58. The lowest BCUT2D eigenvalue weighted by molar-refractivity contribution is 0.152. The van der Waals surface area contributed by atoms with Crippen LogP contribution in [0.4, 0.5) is 5.82 Å². The summed E-state index contributed by atoms with van der Waals surface area (Å²) in [4.78, 5) is 2.26. The molecule has 2 heterocycles. The van der Waals surface area contributed by atoms with Crippen LogP contribution in [0.1, 0.15) is 6.42 Å². The maximum Gasteiger partial charge on any atom is 0.124 e. The highest BCUT2D eigenvalue weighted by Gasteiger charge is 2.09. The van der Waals surface area contributed by atoms with Crippen molar-refractivity contribution in [2.45, 2.75) is 6.42 Å². The van der Waals surface area contributed by atoms with Gasteiger partial charge in [0, 0.05) is 25.8 Å². The Morgan fingerprint density at radius 2 is 2.42 bits per heavy atom. The fourth-order valence-corrected chi connectivity index (χ4v) is 1.41. The van der Waals surface area contributed by atoms with Gasteiger partial charge in [-0.25, -0.2) is 0 Å². The number of rotatable bonds is 1. The molecule has 0 radical (unpaired) electrons. The predicted molar refractivity (Wildman–Crippen MR) is 46.2 cm³/mol. The minimum atomic E-state index is 0.818. The van der Waals surface area contributed by atoms with Crippen molar-refractivity contribution in [3.05, 3.63) is 12.3 Å². The van der Waals surface area contributed by atoms with E-state index in [1.807, 2.05) is 6.07 Å². The molecular weight excluding hydrogens is 154 g/mol. The van der Waals surface area contributed by atoms with Crippen LogP contribution in [0.15, 0.2) is 12.3 Å². The van der Waals surface area contributed by atoms with Gasteiger partial charge in [-0.2, -0.15) is 5.10 Å². The molecule has 0 atom stereocenters. The maximum absolute atomic E-state index is 5.35. The molecule has 1 saturated heterocycles. The molecule has 0 aromatic carbocycles. The van der Waals surface area contributed by atoms with Crippen LogP contribution >= 0.6 is 0 Å². The Morgan fingerprint density at radius 3 is 3.25 bits per heavy atom. The minimum absolute atomic E-state index is 0.818. The summed E-state index contributed by atoms with van der Waals surface area (Å²) in [7, 11) is 0. The SMILES string of the molecule is c1cc(N2CCCOCC2)[nH]n1. The Kier molecular flexibility index (Phi) is 2.27. The zero-order chi connectivity index (χ0) is 8.23. The van der Waals surface area contributed by atoms with Crippen LogP contribution in [0.3, 0.4) is 0 Å². The molecule has 66 valence electrons. The Bertz CT molecular complexity index is 214. The van der Waals surface area contributed by atoms with Gasteiger partial charge in [-0.3, -0.25) is 5.10 Å². The molecular formula is C8H13N3O. The molecule has 2 rings (SSSR count). The number of hydrogen-bond acceptors (Lipinski definition) is 3. The minimum Gasteiger partial charge on any atom is -0.380 e. The third-order valence-corrected chi connectivity index (χ3v) is 2.05. The second-order valence-corrected chi connectivity index (χ2v) is 2.89. The average molecular weight is 167 g/mol. The molecule has 0 spiro atoms. The lowest BCUT2D eigenvalue weighted by Gasteiger charge is -2.18. The van der Waals surface area contributed by atoms with E-state index < -0.39 is 0 Å². The highest BCUT2D eigenvalue weighted by molar-refractivity contribution is 5.36. The van der Waals surface area contributed by atoms with Crippen molar-refractivity contribution >= 4 is 5.82 Å². The van der Waals surface area contributed by atoms with E-state index in [1.54, 1.807) is 6.20 Å². The number of aromatic amines is 1. The third kappa shape index (κ3) is 1.58. The molecule has 1 aliphatic rings. The van der Waals surface area contributed by atoms with Crippen molar-refractivity contribution in [2.24, 2.45) is 0 Å². The monoisotopic (exact) mass is 167 g/mol. The van der Waals surface area contributed by atoms with Gasteiger partial charge in [-0.05, 0) is 6.42 Å². The molecule has 0 bridgehead atoms. The Hall–Kier alpha value is -1.03. The summed E-state index contributed by atoms with van der Waals surface area (Å²) in [6, 6.07) is 1.99. The van der Waals surface area contributed by atoms with E-state index in [9.17, 15) is 0 Å². The molecule has 1 fully saturated rings. The fourth-order valence-electron chi connectivity index (χ4n) is 1.41. The van der Waals surface area contributed by atoms with Crippen LogP contribution in [0.5, 0.6) is 0 Å². The number of nitrogens with zero attached hydrogens (tertiary/aromatic N) is 2. The summed E-state index contributed by atoms with van der Waals surface area (Å²) in [6.07, 6.45) is 2.88. The van der Waals surface area contributed by atoms with Crippen LogP contribution in [-0.4, -0.2) is 36.5 Å². The molecule has 0 aliphatic carbocycles. The van der Waals surface area contributed by atoms with Gasteiger partial charge in [0.05, 0.1) is 12.8 Å². The predicted octanol–water partition coefficient (Wildman–Crippen LogP) is 0.636. The lowest BCUT2D eigenvalue weighted by atomic mass is 10.4. The van der Waals surface area contributed by atoms with Crippen molar-refractivity contribution in [1.29, 1.82) is 0 Å². The largest absolute Gasteiger partial charge is 0.380 e. The molecule has 1 aromatic rings. The number of H-pyrrole nitrogens is 1. The van der Waals surface area contributed by atoms with E-state index in [0.717, 1.165) is 38.5 Å². The molecule has 4 nitrogen and oxygen atoms in total. The number of aromatic nitrogens is 2. The molecule has 1 aromatic heterocycles. The van der Waals surface area contributed by atoms with Crippen LogP contribution in [0.25, 0.3) is 0 Å². The summed E-state index contributed by atoms with van der Waals surface area (Å²) >= 11 is 0. The summed E-state index contributed by atoms with van der Waals surface area (Å²) in [5.74, 6) is 1.10. The van der Waals surface area contributed by atoms with Crippen LogP contribution in [0, 0.1) is 0 Å². The molecule has 0 saturated carbocycles. The topological polar surface area (TPSA) is 41.1 Å². The van der Waals surface area contributed by atoms with Gasteiger partial charge in [-0.1, -0.05) is 0 Å². The van der Waals surface area contributed by atoms with E-state index >= 15 is 0 Å². The first kappa shape index (κ1) is 7.61. The summed E-state index contributed by atoms with van der Waals surface area (Å²) in [5.41, 5.74) is 0. The highest BCUT2D eigenvalue weighted by Crippen LogP contribution is 2.10. The zero-order valence-electron chi connectivity index (χ0n) is 6.99. The van der Waals surface area contributed by atoms with E-state index in [-0.39, 0.29) is 0 Å². The Balaban J connectivity index is 2.02. The smallest absolute Gasteiger partial charge is 0.124 e. The molecule has 0 amide bonds. The van der Waals surface area contributed by atoms with Crippen LogP contribution < -0.4 is 4.90 Å². The fraction of sp³-hybridized carbons (Fsp3) is 0.625.